The number of benzene rings is 1. The van der Waals surface area contributed by atoms with Crippen LogP contribution in [-0.2, 0) is 4.79 Å². The molecule has 0 bridgehead atoms. The first-order valence-corrected chi connectivity index (χ1v) is 5.46. The Morgan fingerprint density at radius 3 is 2.73 bits per heavy atom. The van der Waals surface area contributed by atoms with E-state index in [1.807, 2.05) is 18.2 Å². The Hall–Kier alpha value is -1.15. The molecule has 1 N–H and O–H groups in total. The second kappa shape index (κ2) is 4.15. The minimum absolute atomic E-state index is 0.0170. The predicted molar refractivity (Wildman–Crippen MR) is 58.9 cm³/mol. The quantitative estimate of drug-likeness (QED) is 0.819. The first kappa shape index (κ1) is 10.4. The van der Waals surface area contributed by atoms with Crippen LogP contribution in [0.5, 0.6) is 0 Å². The van der Waals surface area contributed by atoms with Gasteiger partial charge in [0.1, 0.15) is 5.78 Å². The Balaban J connectivity index is 2.28. The zero-order valence-corrected chi connectivity index (χ0v) is 8.94. The monoisotopic (exact) mass is 204 g/mol. The Morgan fingerprint density at radius 2 is 2.07 bits per heavy atom. The smallest absolute Gasteiger partial charge is 0.142 e. The third-order valence-corrected chi connectivity index (χ3v) is 3.24. The van der Waals surface area contributed by atoms with E-state index in [4.69, 9.17) is 5.11 Å². The fourth-order valence-corrected chi connectivity index (χ4v) is 2.47. The van der Waals surface area contributed by atoms with Gasteiger partial charge in [0.2, 0.25) is 0 Å². The molecule has 2 rings (SSSR count). The maximum atomic E-state index is 11.8. The lowest BCUT2D eigenvalue weighted by Crippen LogP contribution is -2.11. The standard InChI is InChI=1S/C13H16O2/c1-9-8-12(13(15)6-7-14)11-5-3-2-4-10(9)11/h2-5,9,12,14H,6-8H2,1H3/t9-,12-/m0/s1. The zero-order chi connectivity index (χ0) is 10.8. The van der Waals surface area contributed by atoms with Crippen LogP contribution >= 0.6 is 0 Å². The van der Waals surface area contributed by atoms with Gasteiger partial charge in [0, 0.05) is 18.9 Å². The number of rotatable bonds is 3. The van der Waals surface area contributed by atoms with E-state index in [9.17, 15) is 4.79 Å². The molecule has 1 aliphatic carbocycles. The first-order chi connectivity index (χ1) is 7.24. The van der Waals surface area contributed by atoms with Gasteiger partial charge in [-0.25, -0.2) is 0 Å². The summed E-state index contributed by atoms with van der Waals surface area (Å²) >= 11 is 0. The second-order valence-electron chi connectivity index (χ2n) is 4.26. The molecule has 0 aromatic heterocycles. The molecule has 0 saturated carbocycles. The van der Waals surface area contributed by atoms with E-state index in [0.29, 0.717) is 5.92 Å². The average molecular weight is 204 g/mol. The van der Waals surface area contributed by atoms with Gasteiger partial charge in [-0.15, -0.1) is 0 Å². The van der Waals surface area contributed by atoms with Crippen LogP contribution in [0.2, 0.25) is 0 Å². The minimum Gasteiger partial charge on any atom is -0.396 e. The lowest BCUT2D eigenvalue weighted by Gasteiger charge is -2.08. The van der Waals surface area contributed by atoms with Crippen LogP contribution in [0.15, 0.2) is 24.3 Å². The highest BCUT2D eigenvalue weighted by Crippen LogP contribution is 2.41. The normalized spacial score (nSPS) is 23.9. The zero-order valence-electron chi connectivity index (χ0n) is 8.94. The van der Waals surface area contributed by atoms with Gasteiger partial charge in [0.15, 0.2) is 0 Å². The summed E-state index contributed by atoms with van der Waals surface area (Å²) in [6.07, 6.45) is 1.18. The highest BCUT2D eigenvalue weighted by molar-refractivity contribution is 5.87. The summed E-state index contributed by atoms with van der Waals surface area (Å²) in [5.41, 5.74) is 2.47. The van der Waals surface area contributed by atoms with E-state index < -0.39 is 0 Å². The maximum absolute atomic E-state index is 11.8. The van der Waals surface area contributed by atoms with Crippen molar-refractivity contribution in [1.82, 2.24) is 0 Å². The second-order valence-corrected chi connectivity index (χ2v) is 4.26. The summed E-state index contributed by atoms with van der Waals surface area (Å²) in [6, 6.07) is 8.15. The van der Waals surface area contributed by atoms with Crippen LogP contribution in [0.3, 0.4) is 0 Å². The summed E-state index contributed by atoms with van der Waals surface area (Å²) in [7, 11) is 0. The molecule has 0 fully saturated rings. The van der Waals surface area contributed by atoms with Gasteiger partial charge in [0.05, 0.1) is 0 Å². The summed E-state index contributed by atoms with van der Waals surface area (Å²) < 4.78 is 0. The number of carbonyl (C=O) groups is 1. The molecular weight excluding hydrogens is 188 g/mol. The molecule has 2 heteroatoms. The lowest BCUT2D eigenvalue weighted by atomic mass is 9.95. The molecule has 0 aliphatic heterocycles. The van der Waals surface area contributed by atoms with Gasteiger partial charge in [0.25, 0.3) is 0 Å². The number of Topliss-reactive ketones (excluding diaryl/α,β-unsaturated/α-hetero) is 1. The molecule has 15 heavy (non-hydrogen) atoms. The van der Waals surface area contributed by atoms with Crippen molar-refractivity contribution in [3.05, 3.63) is 35.4 Å². The average Bonchev–Trinajstić information content (AvgIpc) is 2.58. The Morgan fingerprint density at radius 1 is 1.40 bits per heavy atom. The van der Waals surface area contributed by atoms with Crippen LogP contribution in [0.25, 0.3) is 0 Å². The van der Waals surface area contributed by atoms with Gasteiger partial charge in [-0.05, 0) is 23.5 Å². The van der Waals surface area contributed by atoms with Gasteiger partial charge in [-0.2, -0.15) is 0 Å². The highest BCUT2D eigenvalue weighted by atomic mass is 16.3. The Bertz CT molecular complexity index is 371. The number of hydrogen-bond donors (Lipinski definition) is 1. The number of ketones is 1. The van der Waals surface area contributed by atoms with Crippen molar-refractivity contribution in [3.63, 3.8) is 0 Å². The fourth-order valence-electron chi connectivity index (χ4n) is 2.47. The van der Waals surface area contributed by atoms with Crippen molar-refractivity contribution in [2.75, 3.05) is 6.61 Å². The van der Waals surface area contributed by atoms with Crippen LogP contribution < -0.4 is 0 Å². The Labute approximate surface area is 89.9 Å². The van der Waals surface area contributed by atoms with Gasteiger partial charge in [-0.3, -0.25) is 4.79 Å². The van der Waals surface area contributed by atoms with Crippen molar-refractivity contribution in [2.24, 2.45) is 0 Å². The lowest BCUT2D eigenvalue weighted by molar-refractivity contribution is -0.121. The van der Waals surface area contributed by atoms with Crippen molar-refractivity contribution < 1.29 is 9.90 Å². The van der Waals surface area contributed by atoms with Crippen LogP contribution in [0, 0.1) is 0 Å². The largest absolute Gasteiger partial charge is 0.396 e. The molecule has 80 valence electrons. The van der Waals surface area contributed by atoms with E-state index in [-0.39, 0.29) is 24.7 Å². The number of aliphatic hydroxyl groups excluding tert-OH is 1. The van der Waals surface area contributed by atoms with Crippen molar-refractivity contribution in [3.8, 4) is 0 Å². The molecular formula is C13H16O2. The molecule has 0 unspecified atom stereocenters. The molecule has 1 aliphatic rings. The molecule has 2 nitrogen and oxygen atoms in total. The number of hydrogen-bond acceptors (Lipinski definition) is 2. The molecule has 2 atom stereocenters. The maximum Gasteiger partial charge on any atom is 0.142 e. The van der Waals surface area contributed by atoms with Crippen LogP contribution in [-0.4, -0.2) is 17.5 Å². The minimum atomic E-state index is -0.0358. The molecule has 0 heterocycles. The van der Waals surface area contributed by atoms with Crippen molar-refractivity contribution in [2.45, 2.75) is 31.6 Å². The van der Waals surface area contributed by atoms with Gasteiger partial charge in [-0.1, -0.05) is 31.2 Å². The molecule has 1 aromatic carbocycles. The van der Waals surface area contributed by atoms with E-state index in [0.717, 1.165) is 6.42 Å². The van der Waals surface area contributed by atoms with Crippen LogP contribution in [0.1, 0.15) is 42.7 Å². The summed E-state index contributed by atoms with van der Waals surface area (Å²) in [5, 5.41) is 8.79. The van der Waals surface area contributed by atoms with Gasteiger partial charge >= 0.3 is 0 Å². The Kier molecular flexibility index (Phi) is 2.87. The van der Waals surface area contributed by atoms with E-state index >= 15 is 0 Å². The highest BCUT2D eigenvalue weighted by Gasteiger charge is 2.31. The summed E-state index contributed by atoms with van der Waals surface area (Å²) in [5.74, 6) is 0.659. The fraction of sp³-hybridized carbons (Fsp3) is 0.462. The topological polar surface area (TPSA) is 37.3 Å². The van der Waals surface area contributed by atoms with E-state index in [1.165, 1.54) is 11.1 Å². The SMILES string of the molecule is C[C@H]1C[C@H](C(=O)CCO)c2ccccc21. The van der Waals surface area contributed by atoms with E-state index in [2.05, 4.69) is 13.0 Å². The third kappa shape index (κ3) is 1.82. The van der Waals surface area contributed by atoms with Gasteiger partial charge < -0.3 is 5.11 Å². The van der Waals surface area contributed by atoms with E-state index in [1.54, 1.807) is 0 Å². The van der Waals surface area contributed by atoms with Crippen molar-refractivity contribution in [1.29, 1.82) is 0 Å². The van der Waals surface area contributed by atoms with Crippen LogP contribution in [0.4, 0.5) is 0 Å². The molecule has 0 spiro atoms. The molecule has 0 radical (unpaired) electrons. The molecule has 0 amide bonds. The number of aliphatic hydroxyl groups is 1. The summed E-state index contributed by atoms with van der Waals surface area (Å²) in [4.78, 5) is 11.8. The predicted octanol–water partition coefficient (Wildman–Crippen LogP) is 2.23. The van der Waals surface area contributed by atoms with Crippen molar-refractivity contribution >= 4 is 5.78 Å². The first-order valence-electron chi connectivity index (χ1n) is 5.46. The molecule has 1 aromatic rings. The number of fused-ring (bicyclic) bond motifs is 1. The number of carbonyl (C=O) groups excluding carboxylic acids is 1. The third-order valence-electron chi connectivity index (χ3n) is 3.24. The molecule has 0 saturated heterocycles. The summed E-state index contributed by atoms with van der Waals surface area (Å²) in [6.45, 7) is 2.12.